The first kappa shape index (κ1) is 13.3. The van der Waals surface area contributed by atoms with Crippen molar-refractivity contribution in [2.75, 3.05) is 41.7 Å². The Morgan fingerprint density at radius 1 is 1.00 bits per heavy atom. The number of hydrogen-bond acceptors (Lipinski definition) is 5. The van der Waals surface area contributed by atoms with Gasteiger partial charge in [-0.3, -0.25) is 0 Å². The number of anilines is 3. The number of aromatic nitrogens is 1. The van der Waals surface area contributed by atoms with Gasteiger partial charge in [-0.1, -0.05) is 12.1 Å². The lowest BCUT2D eigenvalue weighted by Crippen LogP contribution is -2.47. The largest absolute Gasteiger partial charge is 0.396 e. The molecule has 21 heavy (non-hydrogen) atoms. The maximum absolute atomic E-state index is 9.20. The Morgan fingerprint density at radius 2 is 1.71 bits per heavy atom. The number of nitrogens with zero attached hydrogens (tertiary/aromatic N) is 4. The molecule has 0 unspecified atom stereocenters. The van der Waals surface area contributed by atoms with Crippen molar-refractivity contribution in [3.8, 4) is 6.07 Å². The van der Waals surface area contributed by atoms with Gasteiger partial charge >= 0.3 is 0 Å². The lowest BCUT2D eigenvalue weighted by Gasteiger charge is -2.37. The van der Waals surface area contributed by atoms with Crippen molar-refractivity contribution in [1.82, 2.24) is 4.98 Å². The summed E-state index contributed by atoms with van der Waals surface area (Å²) in [7, 11) is 0. The average Bonchev–Trinajstić information content (AvgIpc) is 2.55. The molecule has 2 N–H and O–H groups in total. The maximum atomic E-state index is 9.20. The number of hydrogen-bond donors (Lipinski definition) is 1. The van der Waals surface area contributed by atoms with E-state index in [1.807, 2.05) is 36.4 Å². The van der Waals surface area contributed by atoms with Gasteiger partial charge in [-0.15, -0.1) is 0 Å². The van der Waals surface area contributed by atoms with Crippen molar-refractivity contribution in [2.45, 2.75) is 0 Å². The number of rotatable bonds is 2. The number of benzene rings is 1. The molecule has 0 amide bonds. The number of nitriles is 1. The molecule has 1 aliphatic rings. The van der Waals surface area contributed by atoms with Crippen molar-refractivity contribution in [2.24, 2.45) is 0 Å². The smallest absolute Gasteiger partial charge is 0.151 e. The number of nitrogens with two attached hydrogens (primary N) is 1. The van der Waals surface area contributed by atoms with Gasteiger partial charge in [-0.2, -0.15) is 5.26 Å². The SMILES string of the molecule is N#Cc1ccccc1N1CCN(c2ncccc2N)CC1. The van der Waals surface area contributed by atoms with E-state index in [2.05, 4.69) is 20.9 Å². The molecule has 1 aliphatic heterocycles. The fourth-order valence-corrected chi connectivity index (χ4v) is 2.68. The summed E-state index contributed by atoms with van der Waals surface area (Å²) in [6, 6.07) is 13.7. The molecule has 0 aliphatic carbocycles. The third kappa shape index (κ3) is 2.61. The van der Waals surface area contributed by atoms with Crippen molar-refractivity contribution in [3.05, 3.63) is 48.2 Å². The highest BCUT2D eigenvalue weighted by Gasteiger charge is 2.20. The molecule has 0 radical (unpaired) electrons. The summed E-state index contributed by atoms with van der Waals surface area (Å²) in [5.74, 6) is 0.853. The van der Waals surface area contributed by atoms with E-state index < -0.39 is 0 Å². The van der Waals surface area contributed by atoms with Crippen molar-refractivity contribution in [3.63, 3.8) is 0 Å². The van der Waals surface area contributed by atoms with Gasteiger partial charge in [-0.25, -0.2) is 4.98 Å². The Kier molecular flexibility index (Phi) is 3.61. The molecule has 1 aromatic carbocycles. The average molecular weight is 279 g/mol. The van der Waals surface area contributed by atoms with Crippen LogP contribution >= 0.6 is 0 Å². The van der Waals surface area contributed by atoms with Gasteiger partial charge in [0.05, 0.1) is 16.9 Å². The monoisotopic (exact) mass is 279 g/mol. The Balaban J connectivity index is 1.74. The second kappa shape index (κ2) is 5.71. The molecule has 2 heterocycles. The van der Waals surface area contributed by atoms with Crippen LogP contribution in [0.5, 0.6) is 0 Å². The van der Waals surface area contributed by atoms with E-state index in [1.165, 1.54) is 0 Å². The Hall–Kier alpha value is -2.74. The minimum absolute atomic E-state index is 0.711. The number of nitrogen functional groups attached to an aromatic ring is 1. The minimum Gasteiger partial charge on any atom is -0.396 e. The summed E-state index contributed by atoms with van der Waals surface area (Å²) in [4.78, 5) is 8.80. The van der Waals surface area contributed by atoms with Gasteiger partial charge in [0.15, 0.2) is 5.82 Å². The maximum Gasteiger partial charge on any atom is 0.151 e. The van der Waals surface area contributed by atoms with Gasteiger partial charge in [0.1, 0.15) is 6.07 Å². The number of pyridine rings is 1. The molecule has 0 saturated carbocycles. The standard InChI is InChI=1S/C16H17N5/c17-12-13-4-1-2-6-15(13)20-8-10-21(11-9-20)16-14(18)5-3-7-19-16/h1-7H,8-11,18H2. The van der Waals surface area contributed by atoms with E-state index in [0.29, 0.717) is 5.69 Å². The quantitative estimate of drug-likeness (QED) is 0.908. The highest BCUT2D eigenvalue weighted by Crippen LogP contribution is 2.24. The van der Waals surface area contributed by atoms with E-state index >= 15 is 0 Å². The predicted octanol–water partition coefficient (Wildman–Crippen LogP) is 1.86. The van der Waals surface area contributed by atoms with E-state index in [1.54, 1.807) is 6.20 Å². The van der Waals surface area contributed by atoms with Crippen LogP contribution in [-0.4, -0.2) is 31.2 Å². The minimum atomic E-state index is 0.711. The molecule has 1 aromatic heterocycles. The van der Waals surface area contributed by atoms with Crippen LogP contribution in [0, 0.1) is 11.3 Å². The van der Waals surface area contributed by atoms with E-state index in [4.69, 9.17) is 5.73 Å². The first-order chi connectivity index (χ1) is 10.3. The van der Waals surface area contributed by atoms with Crippen LogP contribution in [0.4, 0.5) is 17.2 Å². The van der Waals surface area contributed by atoms with Gasteiger partial charge in [0.25, 0.3) is 0 Å². The van der Waals surface area contributed by atoms with Crippen molar-refractivity contribution >= 4 is 17.2 Å². The van der Waals surface area contributed by atoms with E-state index in [-0.39, 0.29) is 0 Å². The third-order valence-electron chi connectivity index (χ3n) is 3.76. The van der Waals surface area contributed by atoms with Crippen LogP contribution in [0.2, 0.25) is 0 Å². The molecule has 2 aromatic rings. The van der Waals surface area contributed by atoms with Crippen LogP contribution in [0.25, 0.3) is 0 Å². The highest BCUT2D eigenvalue weighted by molar-refractivity contribution is 5.64. The molecule has 3 rings (SSSR count). The Morgan fingerprint density at radius 3 is 2.43 bits per heavy atom. The molecule has 1 fully saturated rings. The first-order valence-electron chi connectivity index (χ1n) is 6.99. The van der Waals surface area contributed by atoms with E-state index in [9.17, 15) is 5.26 Å². The topological polar surface area (TPSA) is 69.2 Å². The fourth-order valence-electron chi connectivity index (χ4n) is 2.68. The zero-order valence-corrected chi connectivity index (χ0v) is 11.7. The van der Waals surface area contributed by atoms with Crippen LogP contribution in [-0.2, 0) is 0 Å². The van der Waals surface area contributed by atoms with Gasteiger partial charge in [0.2, 0.25) is 0 Å². The summed E-state index contributed by atoms with van der Waals surface area (Å²) >= 11 is 0. The number of para-hydroxylation sites is 1. The normalized spacial score (nSPS) is 14.8. The van der Waals surface area contributed by atoms with Gasteiger partial charge in [0, 0.05) is 32.4 Å². The zero-order valence-electron chi connectivity index (χ0n) is 11.7. The second-order valence-corrected chi connectivity index (χ2v) is 5.02. The molecule has 0 bridgehead atoms. The molecular weight excluding hydrogens is 262 g/mol. The summed E-state index contributed by atoms with van der Waals surface area (Å²) in [5, 5.41) is 9.20. The molecule has 5 heteroatoms. The van der Waals surface area contributed by atoms with Crippen molar-refractivity contribution in [1.29, 1.82) is 5.26 Å². The summed E-state index contributed by atoms with van der Waals surface area (Å²) in [6.45, 7) is 3.41. The van der Waals surface area contributed by atoms with Gasteiger partial charge < -0.3 is 15.5 Å². The Labute approximate surface area is 124 Å². The van der Waals surface area contributed by atoms with E-state index in [0.717, 1.165) is 43.2 Å². The summed E-state index contributed by atoms with van der Waals surface area (Å²) in [5.41, 5.74) is 8.43. The fraction of sp³-hybridized carbons (Fsp3) is 0.250. The van der Waals surface area contributed by atoms with Crippen LogP contribution in [0.3, 0.4) is 0 Å². The van der Waals surface area contributed by atoms with Gasteiger partial charge in [-0.05, 0) is 24.3 Å². The van der Waals surface area contributed by atoms with Crippen LogP contribution in [0.1, 0.15) is 5.56 Å². The number of piperazine rings is 1. The summed E-state index contributed by atoms with van der Waals surface area (Å²) < 4.78 is 0. The molecule has 1 saturated heterocycles. The summed E-state index contributed by atoms with van der Waals surface area (Å²) in [6.07, 6.45) is 1.77. The van der Waals surface area contributed by atoms with Crippen molar-refractivity contribution < 1.29 is 0 Å². The zero-order chi connectivity index (χ0) is 14.7. The lowest BCUT2D eigenvalue weighted by molar-refractivity contribution is 0.648. The third-order valence-corrected chi connectivity index (χ3v) is 3.76. The van der Waals surface area contributed by atoms with Crippen LogP contribution in [0.15, 0.2) is 42.6 Å². The lowest BCUT2D eigenvalue weighted by atomic mass is 10.1. The molecule has 106 valence electrons. The predicted molar refractivity (Wildman–Crippen MR) is 84.2 cm³/mol. The molecular formula is C16H17N5. The second-order valence-electron chi connectivity index (χ2n) is 5.02. The van der Waals surface area contributed by atoms with Crippen LogP contribution < -0.4 is 15.5 Å². The first-order valence-corrected chi connectivity index (χ1v) is 6.99. The molecule has 5 nitrogen and oxygen atoms in total. The molecule has 0 spiro atoms. The highest BCUT2D eigenvalue weighted by atomic mass is 15.3. The Bertz CT molecular complexity index is 668. The molecule has 0 atom stereocenters.